The number of hydrogen-bond donors (Lipinski definition) is 1. The van der Waals surface area contributed by atoms with Crippen LogP contribution in [0.2, 0.25) is 0 Å². The summed E-state index contributed by atoms with van der Waals surface area (Å²) in [6, 6.07) is 6.24. The predicted molar refractivity (Wildman–Crippen MR) is 97.1 cm³/mol. The van der Waals surface area contributed by atoms with E-state index in [2.05, 4.69) is 28.2 Å². The van der Waals surface area contributed by atoms with Crippen LogP contribution in [0.5, 0.6) is 0 Å². The van der Waals surface area contributed by atoms with Gasteiger partial charge in [-0.15, -0.1) is 0 Å². The summed E-state index contributed by atoms with van der Waals surface area (Å²) in [7, 11) is 0. The average molecular weight is 339 g/mol. The molecule has 1 aromatic carbocycles. The molecule has 1 N–H and O–H groups in total. The third-order valence-electron chi connectivity index (χ3n) is 3.44. The summed E-state index contributed by atoms with van der Waals surface area (Å²) in [4.78, 5) is 20.8. The van der Waals surface area contributed by atoms with Gasteiger partial charge < -0.3 is 0 Å². The van der Waals surface area contributed by atoms with Gasteiger partial charge in [-0.05, 0) is 55.5 Å². The maximum Gasteiger partial charge on any atom is 0.245 e. The van der Waals surface area contributed by atoms with E-state index < -0.39 is 0 Å². The highest BCUT2D eigenvalue weighted by Crippen LogP contribution is 2.35. The van der Waals surface area contributed by atoms with E-state index in [1.807, 2.05) is 13.8 Å². The summed E-state index contributed by atoms with van der Waals surface area (Å²) in [5, 5.41) is 10.9. The Morgan fingerprint density at radius 2 is 1.79 bits per heavy atom. The number of allylic oxidation sites excluding steroid dienone is 4. The molecule has 6 heteroatoms. The van der Waals surface area contributed by atoms with Crippen molar-refractivity contribution >= 4 is 28.5 Å². The van der Waals surface area contributed by atoms with Crippen molar-refractivity contribution in [2.24, 2.45) is 9.98 Å². The Kier molecular flexibility index (Phi) is 4.51. The van der Waals surface area contributed by atoms with Crippen LogP contribution < -0.4 is 0 Å². The predicted octanol–water partition coefficient (Wildman–Crippen LogP) is 3.73. The van der Waals surface area contributed by atoms with Crippen LogP contribution in [-0.4, -0.2) is 27.1 Å². The molecule has 5 nitrogen and oxygen atoms in total. The Morgan fingerprint density at radius 3 is 2.38 bits per heavy atom. The summed E-state index contributed by atoms with van der Waals surface area (Å²) in [5.74, 6) is -0.275. The Bertz CT molecular complexity index is 827. The molecular formula is C18H17N3O2S. The molecule has 0 radical (unpaired) electrons. The lowest BCUT2D eigenvalue weighted by atomic mass is 10.0. The number of carbonyl (C=O) groups excluding carboxylic acids is 1. The van der Waals surface area contributed by atoms with Crippen molar-refractivity contribution in [2.45, 2.75) is 20.8 Å². The first-order chi connectivity index (χ1) is 11.4. The number of rotatable bonds is 1. The molecule has 0 spiro atoms. The van der Waals surface area contributed by atoms with Crippen LogP contribution in [-0.2, 0) is 4.79 Å². The monoisotopic (exact) mass is 339 g/mol. The van der Waals surface area contributed by atoms with E-state index >= 15 is 0 Å². The number of aliphatic imine (C=N–C) groups is 2. The normalized spacial score (nSPS) is 18.6. The minimum absolute atomic E-state index is 0.275. The molecule has 0 atom stereocenters. The molecular weight excluding hydrogens is 322 g/mol. The number of aryl methyl sites for hydroxylation is 2. The fourth-order valence-electron chi connectivity index (χ4n) is 2.56. The molecule has 0 fully saturated rings. The molecule has 0 saturated carbocycles. The van der Waals surface area contributed by atoms with Crippen LogP contribution in [0.1, 0.15) is 23.6 Å². The molecule has 0 aliphatic carbocycles. The van der Waals surface area contributed by atoms with E-state index in [4.69, 9.17) is 0 Å². The van der Waals surface area contributed by atoms with Gasteiger partial charge in [-0.2, -0.15) is 4.99 Å². The molecule has 2 aliphatic heterocycles. The molecule has 3 rings (SSSR count). The number of benzene rings is 1. The lowest BCUT2D eigenvalue weighted by molar-refractivity contribution is -0.115. The van der Waals surface area contributed by atoms with Gasteiger partial charge in [0.05, 0.1) is 5.71 Å². The van der Waals surface area contributed by atoms with Crippen molar-refractivity contribution < 1.29 is 10.0 Å². The highest BCUT2D eigenvalue weighted by molar-refractivity contribution is 8.18. The van der Waals surface area contributed by atoms with E-state index in [9.17, 15) is 10.0 Å². The number of nitrogens with zero attached hydrogens (tertiary/aromatic N) is 3. The number of carbonyl (C=O) groups is 1. The largest absolute Gasteiger partial charge is 0.285 e. The topological polar surface area (TPSA) is 65.3 Å². The SMILES string of the molecule is CC(=O)N=C1N=C(c2cc(C)cc(C)c2)C(=C2C=CN(O)C=C2)S1. The van der Waals surface area contributed by atoms with E-state index in [0.29, 0.717) is 5.17 Å². The van der Waals surface area contributed by atoms with Crippen LogP contribution in [0.4, 0.5) is 0 Å². The van der Waals surface area contributed by atoms with Crippen molar-refractivity contribution in [3.63, 3.8) is 0 Å². The van der Waals surface area contributed by atoms with Crippen molar-refractivity contribution in [3.05, 3.63) is 69.9 Å². The standard InChI is InChI=1S/C18H17N3O2S/c1-11-8-12(2)10-15(9-11)16-17(14-4-6-21(23)7-5-14)24-18(20-16)19-13(3)22/h4-10,23H,1-3H3. The first kappa shape index (κ1) is 16.4. The van der Waals surface area contributed by atoms with E-state index in [0.717, 1.165) is 37.9 Å². The van der Waals surface area contributed by atoms with E-state index in [1.165, 1.54) is 18.7 Å². The molecule has 0 saturated heterocycles. The zero-order valence-electron chi connectivity index (χ0n) is 13.6. The van der Waals surface area contributed by atoms with Crippen LogP contribution in [0.15, 0.2) is 63.2 Å². The van der Waals surface area contributed by atoms with Gasteiger partial charge in [-0.1, -0.05) is 17.2 Å². The molecule has 24 heavy (non-hydrogen) atoms. The fourth-order valence-corrected chi connectivity index (χ4v) is 3.57. The van der Waals surface area contributed by atoms with Gasteiger partial charge in [0.2, 0.25) is 5.91 Å². The summed E-state index contributed by atoms with van der Waals surface area (Å²) in [5.41, 5.74) is 4.99. The van der Waals surface area contributed by atoms with Crippen LogP contribution in [0, 0.1) is 13.8 Å². The van der Waals surface area contributed by atoms with Gasteiger partial charge in [0.1, 0.15) is 0 Å². The van der Waals surface area contributed by atoms with Gasteiger partial charge >= 0.3 is 0 Å². The third-order valence-corrected chi connectivity index (χ3v) is 4.44. The van der Waals surface area contributed by atoms with Gasteiger partial charge in [-0.25, -0.2) is 10.1 Å². The Morgan fingerprint density at radius 1 is 1.17 bits per heavy atom. The van der Waals surface area contributed by atoms with Gasteiger partial charge in [0.15, 0.2) is 5.17 Å². The quantitative estimate of drug-likeness (QED) is 0.847. The first-order valence-electron chi connectivity index (χ1n) is 7.45. The summed E-state index contributed by atoms with van der Waals surface area (Å²) >= 11 is 1.36. The lowest BCUT2D eigenvalue weighted by Crippen LogP contribution is -2.07. The van der Waals surface area contributed by atoms with Gasteiger partial charge in [0, 0.05) is 29.8 Å². The number of hydroxylamine groups is 2. The minimum atomic E-state index is -0.275. The Hall–Kier alpha value is -2.44. The maximum atomic E-state index is 11.3. The number of amides is 1. The van der Waals surface area contributed by atoms with Crippen LogP contribution >= 0.6 is 11.8 Å². The molecule has 0 bridgehead atoms. The second-order valence-corrected chi connectivity index (χ2v) is 6.63. The molecule has 1 amide bonds. The van der Waals surface area contributed by atoms with Crippen LogP contribution in [0.25, 0.3) is 0 Å². The molecule has 2 aliphatic rings. The number of hydrogen-bond acceptors (Lipinski definition) is 4. The number of thioether (sulfide) groups is 1. The average Bonchev–Trinajstić information content (AvgIpc) is 2.90. The van der Waals surface area contributed by atoms with Crippen molar-refractivity contribution in [1.29, 1.82) is 0 Å². The zero-order chi connectivity index (χ0) is 17.3. The molecule has 122 valence electrons. The summed E-state index contributed by atoms with van der Waals surface area (Å²) < 4.78 is 0. The fraction of sp³-hybridized carbons (Fsp3) is 0.167. The second kappa shape index (κ2) is 6.59. The number of amidine groups is 1. The highest BCUT2D eigenvalue weighted by Gasteiger charge is 2.25. The van der Waals surface area contributed by atoms with Gasteiger partial charge in [-0.3, -0.25) is 10.0 Å². The maximum absolute atomic E-state index is 11.3. The van der Waals surface area contributed by atoms with E-state index in [1.54, 1.807) is 24.6 Å². The molecule has 1 aromatic rings. The lowest BCUT2D eigenvalue weighted by Gasteiger charge is -2.13. The molecule has 0 aromatic heterocycles. The van der Waals surface area contributed by atoms with Gasteiger partial charge in [0.25, 0.3) is 0 Å². The second-order valence-electron chi connectivity index (χ2n) is 5.65. The summed E-state index contributed by atoms with van der Waals surface area (Å²) in [6.45, 7) is 5.50. The van der Waals surface area contributed by atoms with E-state index in [-0.39, 0.29) is 5.91 Å². The smallest absolute Gasteiger partial charge is 0.245 e. The van der Waals surface area contributed by atoms with Crippen molar-refractivity contribution in [3.8, 4) is 0 Å². The molecule has 0 unspecified atom stereocenters. The van der Waals surface area contributed by atoms with Crippen molar-refractivity contribution in [2.75, 3.05) is 0 Å². The highest BCUT2D eigenvalue weighted by atomic mass is 32.2. The zero-order valence-corrected chi connectivity index (χ0v) is 14.5. The summed E-state index contributed by atoms with van der Waals surface area (Å²) in [6.07, 6.45) is 6.72. The minimum Gasteiger partial charge on any atom is -0.285 e. The van der Waals surface area contributed by atoms with Crippen molar-refractivity contribution in [1.82, 2.24) is 5.06 Å². The van der Waals surface area contributed by atoms with Crippen LogP contribution in [0.3, 0.4) is 0 Å². The molecule has 2 heterocycles. The first-order valence-corrected chi connectivity index (χ1v) is 8.27. The Balaban J connectivity index is 2.13. The Labute approximate surface area is 144 Å². The third kappa shape index (κ3) is 3.55.